The molecule has 7 rings (SSSR count). The van der Waals surface area contributed by atoms with Crippen molar-refractivity contribution >= 4 is 33.9 Å². The lowest BCUT2D eigenvalue weighted by Gasteiger charge is -2.36. The molecule has 3 aromatic heterocycles. The number of nitrogens with zero attached hydrogens (tertiary/aromatic N) is 5. The van der Waals surface area contributed by atoms with E-state index in [2.05, 4.69) is 20.7 Å². The number of amides is 2. The van der Waals surface area contributed by atoms with Crippen LogP contribution >= 0.6 is 0 Å². The molecule has 5 aromatic rings. The van der Waals surface area contributed by atoms with E-state index in [1.165, 1.54) is 0 Å². The number of halogens is 2. The van der Waals surface area contributed by atoms with Crippen LogP contribution in [0.3, 0.4) is 0 Å². The molecule has 262 valence electrons. The van der Waals surface area contributed by atoms with Gasteiger partial charge in [0.05, 0.1) is 36.2 Å². The molecule has 50 heavy (non-hydrogen) atoms. The summed E-state index contributed by atoms with van der Waals surface area (Å²) in [5.74, 6) is 0.773. The van der Waals surface area contributed by atoms with Crippen molar-refractivity contribution in [2.45, 2.75) is 70.4 Å². The van der Waals surface area contributed by atoms with E-state index in [1.54, 1.807) is 24.1 Å². The summed E-state index contributed by atoms with van der Waals surface area (Å²) in [5.41, 5.74) is 12.0. The van der Waals surface area contributed by atoms with Crippen molar-refractivity contribution in [3.63, 3.8) is 0 Å². The number of hydrogen-bond donors (Lipinski definition) is 2. The lowest BCUT2D eigenvalue weighted by molar-refractivity contribution is -0.175. The van der Waals surface area contributed by atoms with Crippen LogP contribution in [0.5, 0.6) is 5.75 Å². The Morgan fingerprint density at radius 2 is 1.88 bits per heavy atom. The number of carbonyl (C=O) groups is 2. The Balaban J connectivity index is 1.24. The molecule has 2 aliphatic heterocycles. The Morgan fingerprint density at radius 3 is 2.66 bits per heavy atom. The van der Waals surface area contributed by atoms with Gasteiger partial charge in [0, 0.05) is 49.2 Å². The van der Waals surface area contributed by atoms with E-state index in [9.17, 15) is 18.4 Å². The maximum atomic E-state index is 13.7. The largest absolute Gasteiger partial charge is 0.494 e. The molecular weight excluding hydrogens is 644 g/mol. The molecule has 0 aliphatic carbocycles. The standard InChI is InChI=1S/C37H41F2N7O4/c1-21-27-13-12-23-18-29(46(33(23)42-27)15-8-4-5-9-22-10-6-7-11-25(22)35(47)41-21)34-43-28-17-24(19-31(49-3)32(28)44(34)2)36(48)45-16-14-30(26(40)20-45)50-37(38)39/h6-7,10-13,17-19,21,26,30,37H,4-5,8-9,14-16,20,40H2,1-3H3,(H,41,47)/t21-,26+,30-/m1/s1. The third kappa shape index (κ3) is 6.31. The summed E-state index contributed by atoms with van der Waals surface area (Å²) in [4.78, 5) is 38.7. The van der Waals surface area contributed by atoms with Crippen LogP contribution < -0.4 is 15.8 Å². The van der Waals surface area contributed by atoms with Crippen molar-refractivity contribution in [2.75, 3.05) is 20.2 Å². The molecule has 3 atom stereocenters. The van der Waals surface area contributed by atoms with Gasteiger partial charge in [-0.15, -0.1) is 0 Å². The first kappa shape index (κ1) is 33.6. The average molecular weight is 686 g/mol. The number of ether oxygens (including phenoxy) is 2. The van der Waals surface area contributed by atoms with Gasteiger partial charge in [0.1, 0.15) is 16.9 Å². The van der Waals surface area contributed by atoms with Crippen LogP contribution in [0.25, 0.3) is 33.6 Å². The number of carbonyl (C=O) groups excluding carboxylic acids is 2. The van der Waals surface area contributed by atoms with E-state index in [1.807, 2.05) is 54.9 Å². The van der Waals surface area contributed by atoms with Gasteiger partial charge in [-0.3, -0.25) is 9.59 Å². The summed E-state index contributed by atoms with van der Waals surface area (Å²) in [5, 5.41) is 4.09. The third-order valence-electron chi connectivity index (χ3n) is 9.93. The maximum absolute atomic E-state index is 13.7. The number of aryl methyl sites for hydroxylation is 3. The highest BCUT2D eigenvalue weighted by molar-refractivity contribution is 6.00. The van der Waals surface area contributed by atoms with Gasteiger partial charge in [-0.05, 0) is 74.6 Å². The molecule has 2 amide bonds. The van der Waals surface area contributed by atoms with Crippen molar-refractivity contribution in [3.8, 4) is 17.3 Å². The van der Waals surface area contributed by atoms with Gasteiger partial charge in [0.25, 0.3) is 11.8 Å². The summed E-state index contributed by atoms with van der Waals surface area (Å²) in [6.45, 7) is 0.0700. The molecule has 0 spiro atoms. The number of benzene rings is 2. The number of pyridine rings is 1. The van der Waals surface area contributed by atoms with E-state index in [4.69, 9.17) is 20.4 Å². The average Bonchev–Trinajstić information content (AvgIpc) is 3.64. The van der Waals surface area contributed by atoms with E-state index >= 15 is 0 Å². The molecule has 2 bridgehead atoms. The van der Waals surface area contributed by atoms with Crippen molar-refractivity contribution < 1.29 is 27.8 Å². The topological polar surface area (TPSA) is 130 Å². The van der Waals surface area contributed by atoms with Gasteiger partial charge in [-0.2, -0.15) is 8.78 Å². The van der Waals surface area contributed by atoms with Crippen molar-refractivity contribution in [2.24, 2.45) is 12.8 Å². The zero-order valence-electron chi connectivity index (χ0n) is 28.4. The molecule has 1 fully saturated rings. The molecule has 0 radical (unpaired) electrons. The molecule has 13 heteroatoms. The highest BCUT2D eigenvalue weighted by Gasteiger charge is 2.33. The number of nitrogens with two attached hydrogens (primary N) is 1. The summed E-state index contributed by atoms with van der Waals surface area (Å²) in [7, 11) is 3.47. The fourth-order valence-corrected chi connectivity index (χ4v) is 7.31. The van der Waals surface area contributed by atoms with Gasteiger partial charge in [0.2, 0.25) is 0 Å². The Bertz CT molecular complexity index is 2080. The highest BCUT2D eigenvalue weighted by atomic mass is 19.3. The number of methoxy groups -OCH3 is 1. The Kier molecular flexibility index (Phi) is 9.27. The minimum absolute atomic E-state index is 0.0912. The molecule has 11 nitrogen and oxygen atoms in total. The SMILES string of the molecule is COc1cc(C(=O)N2CC[C@@H](OC(F)F)[C@@H](N)C2)cc2nc(-c3cc4ccc5nc4n3CCCCCc3ccccc3C(=O)N[C@@H]5C)n(C)c12. The van der Waals surface area contributed by atoms with Crippen LogP contribution in [0, 0.1) is 0 Å². The smallest absolute Gasteiger partial charge is 0.345 e. The van der Waals surface area contributed by atoms with Gasteiger partial charge >= 0.3 is 6.61 Å². The number of nitrogens with one attached hydrogen (secondary N) is 1. The van der Waals surface area contributed by atoms with Gasteiger partial charge < -0.3 is 34.6 Å². The van der Waals surface area contributed by atoms with Crippen LogP contribution in [0.1, 0.15) is 70.6 Å². The van der Waals surface area contributed by atoms with Crippen LogP contribution in [-0.4, -0.2) is 74.8 Å². The monoisotopic (exact) mass is 685 g/mol. The predicted octanol–water partition coefficient (Wildman–Crippen LogP) is 5.60. The fraction of sp³-hybridized carbons (Fsp3) is 0.405. The predicted molar refractivity (Wildman–Crippen MR) is 185 cm³/mol. The minimum atomic E-state index is -2.92. The highest BCUT2D eigenvalue weighted by Crippen LogP contribution is 2.35. The molecule has 5 heterocycles. The van der Waals surface area contributed by atoms with Crippen molar-refractivity contribution in [1.29, 1.82) is 0 Å². The number of alkyl halides is 2. The molecule has 1 saturated heterocycles. The Hall–Kier alpha value is -4.88. The molecule has 3 N–H and O–H groups in total. The van der Waals surface area contributed by atoms with Crippen LogP contribution in [0.15, 0.2) is 54.6 Å². The van der Waals surface area contributed by atoms with E-state index < -0.39 is 18.8 Å². The second-order valence-electron chi connectivity index (χ2n) is 13.2. The zero-order valence-corrected chi connectivity index (χ0v) is 28.4. The first-order valence-corrected chi connectivity index (χ1v) is 17.0. The first-order chi connectivity index (χ1) is 24.1. The van der Waals surface area contributed by atoms with Crippen LogP contribution in [0.4, 0.5) is 8.78 Å². The van der Waals surface area contributed by atoms with E-state index in [0.29, 0.717) is 34.8 Å². The minimum Gasteiger partial charge on any atom is -0.494 e. The first-order valence-electron chi connectivity index (χ1n) is 17.0. The van der Waals surface area contributed by atoms with Crippen LogP contribution in [0.2, 0.25) is 0 Å². The van der Waals surface area contributed by atoms with Crippen LogP contribution in [-0.2, 0) is 24.8 Å². The van der Waals surface area contributed by atoms with Gasteiger partial charge in [-0.25, -0.2) is 9.97 Å². The number of fused-ring (bicyclic) bond motifs is 3. The molecular formula is C37H41F2N7O4. The summed E-state index contributed by atoms with van der Waals surface area (Å²) in [6, 6.07) is 16.2. The Morgan fingerprint density at radius 1 is 1.06 bits per heavy atom. The van der Waals surface area contributed by atoms with E-state index in [0.717, 1.165) is 59.2 Å². The number of rotatable bonds is 5. The lowest BCUT2D eigenvalue weighted by Crippen LogP contribution is -2.54. The normalized spacial score (nSPS) is 20.3. The molecule has 0 unspecified atom stereocenters. The number of imidazole rings is 1. The van der Waals surface area contributed by atoms with Gasteiger partial charge in [0.15, 0.2) is 5.82 Å². The molecule has 2 aromatic carbocycles. The van der Waals surface area contributed by atoms with Gasteiger partial charge in [-0.1, -0.05) is 24.6 Å². The summed E-state index contributed by atoms with van der Waals surface area (Å²) >= 11 is 0. The fourth-order valence-electron chi connectivity index (χ4n) is 7.31. The molecule has 0 saturated carbocycles. The third-order valence-corrected chi connectivity index (χ3v) is 9.93. The molecule has 2 aliphatic rings. The van der Waals surface area contributed by atoms with Crippen molar-refractivity contribution in [1.82, 2.24) is 29.3 Å². The quantitative estimate of drug-likeness (QED) is 0.247. The number of likely N-dealkylation sites (tertiary alicyclic amines) is 1. The second kappa shape index (κ2) is 13.8. The maximum Gasteiger partial charge on any atom is 0.345 e. The number of piperidine rings is 1. The number of hydrogen-bond acceptors (Lipinski definition) is 7. The summed E-state index contributed by atoms with van der Waals surface area (Å²) in [6.07, 6.45) is 3.01. The number of aromatic nitrogens is 4. The van der Waals surface area contributed by atoms with Crippen molar-refractivity contribution in [3.05, 3.63) is 77.0 Å². The summed E-state index contributed by atoms with van der Waals surface area (Å²) < 4.78 is 40.2. The lowest BCUT2D eigenvalue weighted by atomic mass is 10.00. The van der Waals surface area contributed by atoms with E-state index in [-0.39, 0.29) is 37.4 Å². The Labute approximate surface area is 288 Å². The second-order valence-corrected chi connectivity index (χ2v) is 13.2. The zero-order chi connectivity index (χ0) is 35.1.